The second-order valence-electron chi connectivity index (χ2n) is 4.51. The van der Waals surface area contributed by atoms with Crippen LogP contribution < -0.4 is 10.6 Å². The highest BCUT2D eigenvalue weighted by atomic mass is 16.2. The summed E-state index contributed by atoms with van der Waals surface area (Å²) >= 11 is 0. The monoisotopic (exact) mass is 212 g/mol. The molecule has 3 heteroatoms. The van der Waals surface area contributed by atoms with E-state index in [1.54, 1.807) is 0 Å². The fourth-order valence-electron chi connectivity index (χ4n) is 2.40. The molecule has 0 unspecified atom stereocenters. The third kappa shape index (κ3) is 4.54. The average Bonchev–Trinajstić information content (AvgIpc) is 2.22. The summed E-state index contributed by atoms with van der Waals surface area (Å²) in [5, 5.41) is 5.81. The van der Waals surface area contributed by atoms with Crippen molar-refractivity contribution in [2.24, 2.45) is 5.92 Å². The summed E-state index contributed by atoms with van der Waals surface area (Å²) in [6.45, 7) is 4.90. The van der Waals surface area contributed by atoms with Crippen LogP contribution in [0.3, 0.4) is 0 Å². The molecule has 2 N–H and O–H groups in total. The maximum absolute atomic E-state index is 11.3. The first-order valence-electron chi connectivity index (χ1n) is 6.30. The number of nitrogens with one attached hydrogen (secondary N) is 2. The van der Waals surface area contributed by atoms with Crippen molar-refractivity contribution < 1.29 is 4.79 Å². The van der Waals surface area contributed by atoms with Gasteiger partial charge >= 0.3 is 6.03 Å². The van der Waals surface area contributed by atoms with Crippen molar-refractivity contribution >= 4 is 6.03 Å². The SMILES string of the molecule is CCC[C@H]1CC[C@H](NC(=O)NCC)CC1. The number of urea groups is 1. The standard InChI is InChI=1S/C12H24N2O/c1-3-5-10-6-8-11(9-7-10)14-12(15)13-4-2/h10-11H,3-9H2,1-2H3,(H2,13,14,15)/t10-,11-. The van der Waals surface area contributed by atoms with E-state index in [9.17, 15) is 4.79 Å². The van der Waals surface area contributed by atoms with E-state index >= 15 is 0 Å². The predicted octanol–water partition coefficient (Wildman–Crippen LogP) is 2.66. The molecule has 0 bridgehead atoms. The van der Waals surface area contributed by atoms with Gasteiger partial charge in [-0.2, -0.15) is 0 Å². The molecular formula is C12H24N2O. The van der Waals surface area contributed by atoms with Crippen LogP contribution in [0.4, 0.5) is 4.79 Å². The molecule has 15 heavy (non-hydrogen) atoms. The van der Waals surface area contributed by atoms with Crippen molar-refractivity contribution in [1.29, 1.82) is 0 Å². The maximum Gasteiger partial charge on any atom is 0.314 e. The summed E-state index contributed by atoms with van der Waals surface area (Å²) < 4.78 is 0. The van der Waals surface area contributed by atoms with Gasteiger partial charge in [-0.15, -0.1) is 0 Å². The molecule has 1 rings (SSSR count). The van der Waals surface area contributed by atoms with Gasteiger partial charge in [-0.05, 0) is 38.5 Å². The van der Waals surface area contributed by atoms with Crippen molar-refractivity contribution in [2.45, 2.75) is 58.4 Å². The molecule has 0 saturated heterocycles. The van der Waals surface area contributed by atoms with Crippen LogP contribution in [0, 0.1) is 5.92 Å². The third-order valence-electron chi connectivity index (χ3n) is 3.22. The lowest BCUT2D eigenvalue weighted by Crippen LogP contribution is -2.43. The molecule has 3 nitrogen and oxygen atoms in total. The maximum atomic E-state index is 11.3. The summed E-state index contributed by atoms with van der Waals surface area (Å²) in [5.41, 5.74) is 0. The number of carbonyl (C=O) groups excluding carboxylic acids is 1. The van der Waals surface area contributed by atoms with Crippen molar-refractivity contribution in [3.8, 4) is 0 Å². The van der Waals surface area contributed by atoms with Gasteiger partial charge in [0.2, 0.25) is 0 Å². The number of hydrogen-bond donors (Lipinski definition) is 2. The first-order chi connectivity index (χ1) is 7.26. The summed E-state index contributed by atoms with van der Waals surface area (Å²) in [6.07, 6.45) is 7.52. The minimum absolute atomic E-state index is 0.00329. The van der Waals surface area contributed by atoms with Gasteiger partial charge < -0.3 is 10.6 Å². The van der Waals surface area contributed by atoms with Crippen molar-refractivity contribution in [1.82, 2.24) is 10.6 Å². The zero-order valence-corrected chi connectivity index (χ0v) is 10.0. The quantitative estimate of drug-likeness (QED) is 0.739. The lowest BCUT2D eigenvalue weighted by atomic mass is 9.83. The average molecular weight is 212 g/mol. The van der Waals surface area contributed by atoms with Crippen LogP contribution in [0.2, 0.25) is 0 Å². The Morgan fingerprint density at radius 2 is 1.87 bits per heavy atom. The van der Waals surface area contributed by atoms with E-state index < -0.39 is 0 Å². The van der Waals surface area contributed by atoms with E-state index in [2.05, 4.69) is 17.6 Å². The largest absolute Gasteiger partial charge is 0.338 e. The number of carbonyl (C=O) groups is 1. The van der Waals surface area contributed by atoms with Crippen LogP contribution in [-0.4, -0.2) is 18.6 Å². The first kappa shape index (κ1) is 12.3. The number of rotatable bonds is 4. The lowest BCUT2D eigenvalue weighted by molar-refractivity contribution is 0.226. The Kier molecular flexibility index (Phi) is 5.51. The van der Waals surface area contributed by atoms with Gasteiger partial charge in [-0.3, -0.25) is 0 Å². The van der Waals surface area contributed by atoms with Crippen LogP contribution in [0.15, 0.2) is 0 Å². The van der Waals surface area contributed by atoms with E-state index in [0.717, 1.165) is 18.8 Å². The normalized spacial score (nSPS) is 26.0. The molecule has 0 aromatic carbocycles. The first-order valence-corrected chi connectivity index (χ1v) is 6.30. The van der Waals surface area contributed by atoms with Gasteiger partial charge in [0.25, 0.3) is 0 Å². The molecule has 1 aliphatic rings. The van der Waals surface area contributed by atoms with Crippen molar-refractivity contribution in [3.05, 3.63) is 0 Å². The van der Waals surface area contributed by atoms with E-state index in [0.29, 0.717) is 12.6 Å². The molecule has 0 aromatic rings. The Hall–Kier alpha value is -0.730. The Labute approximate surface area is 93.0 Å². The number of amides is 2. The van der Waals surface area contributed by atoms with E-state index in [1.165, 1.54) is 25.7 Å². The van der Waals surface area contributed by atoms with Crippen LogP contribution in [-0.2, 0) is 0 Å². The van der Waals surface area contributed by atoms with Gasteiger partial charge in [0, 0.05) is 12.6 Å². The van der Waals surface area contributed by atoms with Gasteiger partial charge in [0.15, 0.2) is 0 Å². The van der Waals surface area contributed by atoms with E-state index in [1.807, 2.05) is 6.92 Å². The Morgan fingerprint density at radius 3 is 2.40 bits per heavy atom. The van der Waals surface area contributed by atoms with E-state index in [-0.39, 0.29) is 6.03 Å². The highest BCUT2D eigenvalue weighted by molar-refractivity contribution is 5.74. The summed E-state index contributed by atoms with van der Waals surface area (Å²) in [4.78, 5) is 11.3. The molecule has 1 saturated carbocycles. The Bertz CT molecular complexity index is 186. The molecule has 0 spiro atoms. The van der Waals surface area contributed by atoms with Crippen LogP contribution in [0.1, 0.15) is 52.4 Å². The Balaban J connectivity index is 2.16. The van der Waals surface area contributed by atoms with Crippen LogP contribution >= 0.6 is 0 Å². The Morgan fingerprint density at radius 1 is 1.20 bits per heavy atom. The molecule has 0 aliphatic heterocycles. The fourth-order valence-corrected chi connectivity index (χ4v) is 2.40. The van der Waals surface area contributed by atoms with Crippen molar-refractivity contribution in [3.63, 3.8) is 0 Å². The van der Waals surface area contributed by atoms with Gasteiger partial charge in [-0.1, -0.05) is 19.8 Å². The number of hydrogen-bond acceptors (Lipinski definition) is 1. The zero-order valence-electron chi connectivity index (χ0n) is 10.0. The smallest absolute Gasteiger partial charge is 0.314 e. The molecule has 1 fully saturated rings. The second-order valence-corrected chi connectivity index (χ2v) is 4.51. The summed E-state index contributed by atoms with van der Waals surface area (Å²) in [7, 11) is 0. The molecule has 88 valence electrons. The lowest BCUT2D eigenvalue weighted by Gasteiger charge is -2.28. The van der Waals surface area contributed by atoms with Crippen LogP contribution in [0.25, 0.3) is 0 Å². The minimum Gasteiger partial charge on any atom is -0.338 e. The molecule has 0 radical (unpaired) electrons. The molecule has 1 aliphatic carbocycles. The molecule has 0 atom stereocenters. The van der Waals surface area contributed by atoms with Gasteiger partial charge in [-0.25, -0.2) is 4.79 Å². The molecule has 2 amide bonds. The molecule has 0 aromatic heterocycles. The fraction of sp³-hybridized carbons (Fsp3) is 0.917. The van der Waals surface area contributed by atoms with E-state index in [4.69, 9.17) is 0 Å². The second kappa shape index (κ2) is 6.70. The third-order valence-corrected chi connectivity index (χ3v) is 3.22. The van der Waals surface area contributed by atoms with Gasteiger partial charge in [0.1, 0.15) is 0 Å². The van der Waals surface area contributed by atoms with Crippen molar-refractivity contribution in [2.75, 3.05) is 6.54 Å². The predicted molar refractivity (Wildman–Crippen MR) is 62.9 cm³/mol. The molecule has 0 heterocycles. The highest BCUT2D eigenvalue weighted by Gasteiger charge is 2.21. The van der Waals surface area contributed by atoms with Gasteiger partial charge in [0.05, 0.1) is 0 Å². The zero-order chi connectivity index (χ0) is 11.1. The summed E-state index contributed by atoms with van der Waals surface area (Å²) in [5.74, 6) is 0.905. The highest BCUT2D eigenvalue weighted by Crippen LogP contribution is 2.27. The van der Waals surface area contributed by atoms with Crippen LogP contribution in [0.5, 0.6) is 0 Å². The molecular weight excluding hydrogens is 188 g/mol. The topological polar surface area (TPSA) is 41.1 Å². The minimum atomic E-state index is -0.00329. The summed E-state index contributed by atoms with van der Waals surface area (Å²) in [6, 6.07) is 0.404.